The van der Waals surface area contributed by atoms with Crippen LogP contribution in [0, 0.1) is 17.3 Å². The van der Waals surface area contributed by atoms with Crippen LogP contribution in [0.3, 0.4) is 0 Å². The van der Waals surface area contributed by atoms with Crippen LogP contribution in [0.25, 0.3) is 11.1 Å². The molecule has 12 N–H and O–H groups in total. The molecule has 26 heteroatoms. The third kappa shape index (κ3) is 21.8. The number of nitrogens with one attached hydrogen (secondary N) is 8. The molecule has 7 aromatic rings. The number of pyridine rings is 4. The van der Waals surface area contributed by atoms with Crippen molar-refractivity contribution in [2.24, 2.45) is 24.3 Å². The molecule has 498 valence electrons. The first-order chi connectivity index (χ1) is 44.9. The van der Waals surface area contributed by atoms with Gasteiger partial charge in [0.2, 0.25) is 11.8 Å². The Balaban J connectivity index is 0.000000200. The standard InChI is InChI=1S/C21H19N3O3.C18H27N3O3.C15H22N4O3.C14H16N4O3/c1-14(19-12-11-18(13-22-19)21(26)24-27)23-20(25)17-9-7-16(8-10-17)15-5-3-2-4-6-15;1-18(2,3)16(20-15(22)10-12-6-4-5-7-12)14-9-8-13(11-19-14)17(23)21-24;1-10(13-4-3-12(9-16-13)15(21)18-22)17-14(20)11-5-7-19(2)8-6-11;1-9(16-14(20)12-4-3-7-18(12)2)11-6-5-10(8-15-11)13(19)17-21/h2-14,27H,1H3,(H,23,25)(H,24,26);8-9,11-12,16,24H,4-7,10H2,1-3H3,(H,20,22)(H,21,23);3-4,9-11,22H,5-8H2,1-2H3,(H,17,20)(H,18,21);3-9,21H,1-2H3,(H,16,20)(H,17,19)/t14-;16-;10-;9-/m0100/s1. The Morgan fingerprint density at radius 1 is 0.468 bits per heavy atom. The molecule has 2 aromatic carbocycles. The molecular formula is C68H84N14O12. The number of carbonyl (C=O) groups excluding carboxylic acids is 8. The van der Waals surface area contributed by atoms with Crippen LogP contribution in [-0.4, -0.2) is 118 Å². The SMILES string of the molecule is CC(C)(C)[C@H](NC(=O)CC1CCCC1)c1ccc(C(=O)NO)cn1.C[C@H](NC(=O)C1CCN(C)CC1)c1ccc(C(=O)NO)cn1.C[C@H](NC(=O)c1ccc(-c2ccccc2)cc1)c1ccc(C(=O)NO)cn1.C[C@H](NC(=O)c1cccn1C)c1ccc(C(=O)NO)cn1. The summed E-state index contributed by atoms with van der Waals surface area (Å²) in [5, 5.41) is 46.2. The number of hydrogen-bond acceptors (Lipinski definition) is 17. The summed E-state index contributed by atoms with van der Waals surface area (Å²) < 4.78 is 1.73. The molecule has 1 saturated carbocycles. The average molecular weight is 1290 g/mol. The fraction of sp³-hybridized carbons (Fsp3) is 0.353. The highest BCUT2D eigenvalue weighted by Gasteiger charge is 2.31. The summed E-state index contributed by atoms with van der Waals surface area (Å²) in [6.07, 6.45) is 14.3. The van der Waals surface area contributed by atoms with Crippen molar-refractivity contribution in [1.82, 2.24) is 72.6 Å². The predicted octanol–water partition coefficient (Wildman–Crippen LogP) is 8.09. The van der Waals surface area contributed by atoms with Crippen LogP contribution in [0.15, 0.2) is 146 Å². The van der Waals surface area contributed by atoms with Gasteiger partial charge < -0.3 is 30.7 Å². The van der Waals surface area contributed by atoms with Gasteiger partial charge in [-0.15, -0.1) is 0 Å². The Kier molecular flexibility index (Phi) is 27.6. The number of nitrogens with zero attached hydrogens (tertiary/aromatic N) is 6. The van der Waals surface area contributed by atoms with E-state index < -0.39 is 23.6 Å². The lowest BCUT2D eigenvalue weighted by molar-refractivity contribution is -0.127. The topological polar surface area (TPSA) is 373 Å². The van der Waals surface area contributed by atoms with Crippen molar-refractivity contribution < 1.29 is 59.2 Å². The van der Waals surface area contributed by atoms with Crippen molar-refractivity contribution >= 4 is 47.3 Å². The molecule has 9 rings (SSSR count). The second-order valence-corrected chi connectivity index (χ2v) is 24.0. The van der Waals surface area contributed by atoms with Gasteiger partial charge in [0.15, 0.2) is 0 Å². The van der Waals surface area contributed by atoms with Gasteiger partial charge in [-0.1, -0.05) is 76.1 Å². The van der Waals surface area contributed by atoms with Crippen molar-refractivity contribution in [2.75, 3.05) is 20.1 Å². The highest BCUT2D eigenvalue weighted by atomic mass is 16.5. The lowest BCUT2D eigenvalue weighted by Gasteiger charge is -2.31. The summed E-state index contributed by atoms with van der Waals surface area (Å²) in [4.78, 5) is 113. The van der Waals surface area contributed by atoms with E-state index in [2.05, 4.69) is 53.2 Å². The fourth-order valence-corrected chi connectivity index (χ4v) is 10.3. The number of likely N-dealkylation sites (tertiary alicyclic amines) is 1. The largest absolute Gasteiger partial charge is 0.348 e. The van der Waals surface area contributed by atoms with Gasteiger partial charge in [0.1, 0.15) is 5.69 Å². The molecule has 8 amide bonds. The summed E-state index contributed by atoms with van der Waals surface area (Å²) >= 11 is 0. The molecule has 6 heterocycles. The molecule has 0 bridgehead atoms. The van der Waals surface area contributed by atoms with E-state index in [1.165, 1.54) is 55.2 Å². The number of piperidine rings is 1. The fourth-order valence-electron chi connectivity index (χ4n) is 10.3. The van der Waals surface area contributed by atoms with Gasteiger partial charge in [-0.25, -0.2) is 21.9 Å². The van der Waals surface area contributed by atoms with Crippen molar-refractivity contribution in [1.29, 1.82) is 0 Å². The number of amides is 8. The second-order valence-electron chi connectivity index (χ2n) is 24.0. The summed E-state index contributed by atoms with van der Waals surface area (Å²) in [6.45, 7) is 13.5. The van der Waals surface area contributed by atoms with Gasteiger partial charge in [0.05, 0.1) is 69.2 Å². The molecule has 1 saturated heterocycles. The third-order valence-corrected chi connectivity index (χ3v) is 15.9. The Morgan fingerprint density at radius 2 is 0.872 bits per heavy atom. The van der Waals surface area contributed by atoms with Gasteiger partial charge in [0.25, 0.3) is 35.4 Å². The Bertz CT molecular complexity index is 3610. The molecule has 2 aliphatic rings. The molecule has 1 aliphatic carbocycles. The van der Waals surface area contributed by atoms with Gasteiger partial charge in [-0.05, 0) is 162 Å². The first-order valence-electron chi connectivity index (χ1n) is 30.7. The van der Waals surface area contributed by atoms with Gasteiger partial charge in [-0.3, -0.25) is 79.1 Å². The molecule has 0 radical (unpaired) electrons. The van der Waals surface area contributed by atoms with Crippen molar-refractivity contribution in [3.8, 4) is 11.1 Å². The molecular weight excluding hydrogens is 1200 g/mol. The molecule has 5 aromatic heterocycles. The zero-order chi connectivity index (χ0) is 68.5. The molecule has 0 spiro atoms. The molecule has 26 nitrogen and oxygen atoms in total. The molecule has 1 aliphatic heterocycles. The molecule has 4 atom stereocenters. The normalized spacial score (nSPS) is 14.3. The highest BCUT2D eigenvalue weighted by molar-refractivity contribution is 5.96. The van der Waals surface area contributed by atoms with E-state index in [-0.39, 0.29) is 81.4 Å². The van der Waals surface area contributed by atoms with Gasteiger partial charge in [-0.2, -0.15) is 0 Å². The van der Waals surface area contributed by atoms with Crippen LogP contribution in [0.1, 0.15) is 196 Å². The van der Waals surface area contributed by atoms with Gasteiger partial charge >= 0.3 is 0 Å². The van der Waals surface area contributed by atoms with Crippen molar-refractivity contribution in [3.63, 3.8) is 0 Å². The van der Waals surface area contributed by atoms with E-state index in [9.17, 15) is 38.4 Å². The number of carbonyl (C=O) groups is 8. The Hall–Kier alpha value is -10.1. The van der Waals surface area contributed by atoms with Crippen LogP contribution in [-0.2, 0) is 16.6 Å². The summed E-state index contributed by atoms with van der Waals surface area (Å²) in [5.74, 6) is -2.23. The van der Waals surface area contributed by atoms with E-state index in [1.807, 2.05) is 77.1 Å². The second kappa shape index (κ2) is 35.6. The van der Waals surface area contributed by atoms with Crippen LogP contribution >= 0.6 is 0 Å². The zero-order valence-corrected chi connectivity index (χ0v) is 53.9. The molecule has 2 fully saturated rings. The van der Waals surface area contributed by atoms with Crippen LogP contribution < -0.4 is 43.2 Å². The van der Waals surface area contributed by atoms with Crippen LogP contribution in [0.5, 0.6) is 0 Å². The van der Waals surface area contributed by atoms with Crippen molar-refractivity contribution in [2.45, 2.75) is 111 Å². The van der Waals surface area contributed by atoms with Gasteiger partial charge in [0, 0.05) is 55.9 Å². The Labute approximate surface area is 545 Å². The monoisotopic (exact) mass is 1290 g/mol. The summed E-state index contributed by atoms with van der Waals surface area (Å²) in [7, 11) is 3.85. The number of hydroxylamine groups is 4. The van der Waals surface area contributed by atoms with E-state index in [0.29, 0.717) is 46.4 Å². The number of benzene rings is 2. The maximum absolute atomic E-state index is 12.5. The third-order valence-electron chi connectivity index (χ3n) is 15.9. The Morgan fingerprint density at radius 3 is 1.27 bits per heavy atom. The first kappa shape index (κ1) is 72.9. The number of rotatable bonds is 18. The quantitative estimate of drug-likeness (QED) is 0.0285. The van der Waals surface area contributed by atoms with Crippen molar-refractivity contribution in [3.05, 3.63) is 203 Å². The lowest BCUT2D eigenvalue weighted by Crippen LogP contribution is -2.39. The summed E-state index contributed by atoms with van der Waals surface area (Å²) in [6, 6.07) is 32.6. The molecule has 94 heavy (non-hydrogen) atoms. The maximum Gasteiger partial charge on any atom is 0.276 e. The minimum Gasteiger partial charge on any atom is -0.348 e. The number of aromatic nitrogens is 5. The number of aryl methyl sites for hydroxylation is 1. The van der Waals surface area contributed by atoms with Crippen LogP contribution in [0.2, 0.25) is 0 Å². The minimum atomic E-state index is -0.635. The smallest absolute Gasteiger partial charge is 0.276 e. The molecule has 0 unspecified atom stereocenters. The average Bonchev–Trinajstić information content (AvgIpc) is 3.05. The minimum absolute atomic E-state index is 0.0538. The first-order valence-corrected chi connectivity index (χ1v) is 30.7. The van der Waals surface area contributed by atoms with E-state index in [1.54, 1.807) is 102 Å². The zero-order valence-electron chi connectivity index (χ0n) is 53.9. The lowest BCUT2D eigenvalue weighted by atomic mass is 9.84. The van der Waals surface area contributed by atoms with E-state index in [4.69, 9.17) is 20.8 Å². The predicted molar refractivity (Wildman–Crippen MR) is 347 cm³/mol. The number of hydrogen-bond donors (Lipinski definition) is 12. The maximum atomic E-state index is 12.5. The van der Waals surface area contributed by atoms with Crippen LogP contribution in [0.4, 0.5) is 0 Å². The van der Waals surface area contributed by atoms with E-state index in [0.717, 1.165) is 49.9 Å². The highest BCUT2D eigenvalue weighted by Crippen LogP contribution is 2.33. The van der Waals surface area contributed by atoms with E-state index >= 15 is 0 Å². The summed E-state index contributed by atoms with van der Waals surface area (Å²) in [5.41, 5.74) is 12.9.